The van der Waals surface area contributed by atoms with E-state index in [9.17, 15) is 0 Å². The summed E-state index contributed by atoms with van der Waals surface area (Å²) in [6.07, 6.45) is 6.45. The Morgan fingerprint density at radius 2 is 1.54 bits per heavy atom. The van der Waals surface area contributed by atoms with Crippen LogP contribution in [0.4, 0.5) is 5.69 Å². The quantitative estimate of drug-likeness (QED) is 0.615. The molecule has 1 atom stereocenters. The first-order valence-corrected chi connectivity index (χ1v) is 8.99. The van der Waals surface area contributed by atoms with Crippen molar-refractivity contribution in [2.24, 2.45) is 0 Å². The number of allylic oxidation sites excluding steroid dienone is 1. The van der Waals surface area contributed by atoms with Gasteiger partial charge in [0, 0.05) is 5.02 Å². The second-order valence-electron chi connectivity index (χ2n) is 6.18. The maximum absolute atomic E-state index is 6.21. The Hall–Kier alpha value is -2.97. The average molecular weight is 359 g/mol. The average Bonchev–Trinajstić information content (AvgIpc) is 3.12. The van der Waals surface area contributed by atoms with Gasteiger partial charge < -0.3 is 0 Å². The molecule has 0 spiro atoms. The molecule has 1 heterocycles. The highest BCUT2D eigenvalue weighted by atomic mass is 35.5. The highest BCUT2D eigenvalue weighted by Gasteiger charge is 2.25. The van der Waals surface area contributed by atoms with Crippen LogP contribution in [-0.4, -0.2) is 0 Å². The molecule has 0 saturated heterocycles. The van der Waals surface area contributed by atoms with Crippen LogP contribution in [-0.2, 0) is 0 Å². The molecular formula is C23H19ClN2. The Balaban J connectivity index is 1.66. The van der Waals surface area contributed by atoms with E-state index in [0.717, 1.165) is 16.4 Å². The first-order chi connectivity index (χ1) is 12.8. The number of hydrazine groups is 1. The molecule has 3 heteroatoms. The molecule has 0 bridgehead atoms. The van der Waals surface area contributed by atoms with Crippen LogP contribution < -0.4 is 10.4 Å². The van der Waals surface area contributed by atoms with Crippen LogP contribution in [0.25, 0.3) is 6.08 Å². The van der Waals surface area contributed by atoms with Gasteiger partial charge in [0.05, 0.1) is 17.4 Å². The maximum atomic E-state index is 6.21. The van der Waals surface area contributed by atoms with Gasteiger partial charge in [0.1, 0.15) is 0 Å². The van der Waals surface area contributed by atoms with Crippen molar-refractivity contribution in [2.45, 2.75) is 6.04 Å². The van der Waals surface area contributed by atoms with E-state index in [2.05, 4.69) is 71.1 Å². The lowest BCUT2D eigenvalue weighted by atomic mass is 10.1. The minimum atomic E-state index is 0.102. The van der Waals surface area contributed by atoms with Crippen LogP contribution in [0.2, 0.25) is 5.02 Å². The summed E-state index contributed by atoms with van der Waals surface area (Å²) >= 11 is 6.21. The van der Waals surface area contributed by atoms with Gasteiger partial charge in [0.2, 0.25) is 0 Å². The summed E-state index contributed by atoms with van der Waals surface area (Å²) in [5, 5.41) is 2.87. The normalized spacial score (nSPS) is 16.6. The van der Waals surface area contributed by atoms with Gasteiger partial charge in [-0.15, -0.1) is 0 Å². The lowest BCUT2D eigenvalue weighted by Crippen LogP contribution is -2.34. The second-order valence-corrected chi connectivity index (χ2v) is 6.62. The Kier molecular flexibility index (Phi) is 4.76. The first-order valence-electron chi connectivity index (χ1n) is 8.61. The summed E-state index contributed by atoms with van der Waals surface area (Å²) in [7, 11) is 0. The third-order valence-electron chi connectivity index (χ3n) is 4.35. The number of rotatable bonds is 4. The predicted molar refractivity (Wildman–Crippen MR) is 110 cm³/mol. The highest BCUT2D eigenvalue weighted by Crippen LogP contribution is 2.33. The molecule has 128 valence electrons. The van der Waals surface area contributed by atoms with Crippen molar-refractivity contribution in [1.82, 2.24) is 5.43 Å². The number of halogens is 1. The van der Waals surface area contributed by atoms with Crippen molar-refractivity contribution < 1.29 is 0 Å². The number of hydrogen-bond acceptors (Lipinski definition) is 2. The lowest BCUT2D eigenvalue weighted by Gasteiger charge is -2.27. The number of benzene rings is 3. The zero-order valence-electron chi connectivity index (χ0n) is 14.2. The first kappa shape index (κ1) is 16.5. The third-order valence-corrected chi connectivity index (χ3v) is 4.58. The summed E-state index contributed by atoms with van der Waals surface area (Å²) < 4.78 is 0. The van der Waals surface area contributed by atoms with E-state index in [4.69, 9.17) is 11.6 Å². The van der Waals surface area contributed by atoms with Gasteiger partial charge in [-0.3, -0.25) is 10.4 Å². The topological polar surface area (TPSA) is 15.3 Å². The van der Waals surface area contributed by atoms with Crippen LogP contribution >= 0.6 is 11.6 Å². The molecule has 1 aliphatic rings. The molecule has 3 aromatic carbocycles. The molecule has 1 aliphatic heterocycles. The monoisotopic (exact) mass is 358 g/mol. The number of anilines is 1. The van der Waals surface area contributed by atoms with Gasteiger partial charge in [0.25, 0.3) is 0 Å². The second kappa shape index (κ2) is 7.51. The van der Waals surface area contributed by atoms with E-state index in [1.54, 1.807) is 0 Å². The van der Waals surface area contributed by atoms with Crippen molar-refractivity contribution >= 4 is 23.4 Å². The zero-order valence-corrected chi connectivity index (χ0v) is 15.0. The van der Waals surface area contributed by atoms with Crippen molar-refractivity contribution in [1.29, 1.82) is 0 Å². The largest absolute Gasteiger partial charge is 0.298 e. The van der Waals surface area contributed by atoms with Gasteiger partial charge in [-0.1, -0.05) is 84.4 Å². The molecule has 0 radical (unpaired) electrons. The fourth-order valence-corrected chi connectivity index (χ4v) is 3.26. The van der Waals surface area contributed by atoms with Gasteiger partial charge in [-0.2, -0.15) is 0 Å². The Bertz CT molecular complexity index is 933. The molecule has 0 saturated carbocycles. The predicted octanol–water partition coefficient (Wildman–Crippen LogP) is 6.00. The van der Waals surface area contributed by atoms with Gasteiger partial charge in [-0.25, -0.2) is 0 Å². The summed E-state index contributed by atoms with van der Waals surface area (Å²) in [6, 6.07) is 28.8. The molecule has 4 rings (SSSR count). The lowest BCUT2D eigenvalue weighted by molar-refractivity contribution is 0.710. The fraction of sp³-hybridized carbons (Fsp3) is 0.0435. The van der Waals surface area contributed by atoms with E-state index >= 15 is 0 Å². The minimum Gasteiger partial charge on any atom is -0.298 e. The zero-order chi connectivity index (χ0) is 17.8. The van der Waals surface area contributed by atoms with E-state index < -0.39 is 0 Å². The summed E-state index contributed by atoms with van der Waals surface area (Å²) in [4.78, 5) is 0. The van der Waals surface area contributed by atoms with Crippen LogP contribution in [0.1, 0.15) is 17.2 Å². The Morgan fingerprint density at radius 1 is 0.808 bits per heavy atom. The number of nitrogens with zero attached hydrogens (tertiary/aromatic N) is 1. The summed E-state index contributed by atoms with van der Waals surface area (Å²) in [6.45, 7) is 0. The van der Waals surface area contributed by atoms with Crippen molar-refractivity contribution in [3.8, 4) is 0 Å². The molecule has 0 unspecified atom stereocenters. The van der Waals surface area contributed by atoms with E-state index in [1.807, 2.05) is 42.5 Å². The standard InChI is InChI=1S/C23H19ClN2/c24-20-12-7-13-22(16-20)26-23(19-10-5-2-6-11-19)17-21(25-26)15-14-18-8-3-1-4-9-18/h1-17,23,25H/b15-14+/t23-/m0/s1. The van der Waals surface area contributed by atoms with Crippen LogP contribution in [0.5, 0.6) is 0 Å². The molecule has 1 N–H and O–H groups in total. The molecular weight excluding hydrogens is 340 g/mol. The van der Waals surface area contributed by atoms with Crippen LogP contribution in [0.15, 0.2) is 103 Å². The molecule has 0 aliphatic carbocycles. The fourth-order valence-electron chi connectivity index (χ4n) is 3.08. The number of hydrogen-bond donors (Lipinski definition) is 1. The Labute approximate surface area is 159 Å². The molecule has 2 nitrogen and oxygen atoms in total. The summed E-state index contributed by atoms with van der Waals surface area (Å²) in [5.74, 6) is 0. The minimum absolute atomic E-state index is 0.102. The van der Waals surface area contributed by atoms with E-state index in [-0.39, 0.29) is 6.04 Å². The molecule has 0 aromatic heterocycles. The van der Waals surface area contributed by atoms with Crippen molar-refractivity contribution in [3.63, 3.8) is 0 Å². The molecule has 26 heavy (non-hydrogen) atoms. The summed E-state index contributed by atoms with van der Waals surface area (Å²) in [5.41, 5.74) is 7.99. The van der Waals surface area contributed by atoms with Gasteiger partial charge in [-0.05, 0) is 41.5 Å². The van der Waals surface area contributed by atoms with Crippen molar-refractivity contribution in [3.05, 3.63) is 119 Å². The SMILES string of the molecule is Clc1cccc(N2NC(/C=C/c3ccccc3)=C[C@H]2c2ccccc2)c1. The molecule has 0 fully saturated rings. The highest BCUT2D eigenvalue weighted by molar-refractivity contribution is 6.30. The number of nitrogens with one attached hydrogen (secondary N) is 1. The molecule has 3 aromatic rings. The maximum Gasteiger partial charge on any atom is 0.0958 e. The third kappa shape index (κ3) is 3.66. The van der Waals surface area contributed by atoms with E-state index in [1.165, 1.54) is 11.1 Å². The van der Waals surface area contributed by atoms with Crippen LogP contribution in [0.3, 0.4) is 0 Å². The van der Waals surface area contributed by atoms with Gasteiger partial charge >= 0.3 is 0 Å². The molecule has 0 amide bonds. The van der Waals surface area contributed by atoms with Crippen LogP contribution in [0, 0.1) is 0 Å². The Morgan fingerprint density at radius 3 is 2.27 bits per heavy atom. The van der Waals surface area contributed by atoms with E-state index in [0.29, 0.717) is 0 Å². The van der Waals surface area contributed by atoms with Crippen molar-refractivity contribution in [2.75, 3.05) is 5.01 Å². The van der Waals surface area contributed by atoms with Gasteiger partial charge in [0.15, 0.2) is 0 Å². The smallest absolute Gasteiger partial charge is 0.0958 e.